The van der Waals surface area contributed by atoms with Crippen LogP contribution in [0.5, 0.6) is 0 Å². The van der Waals surface area contributed by atoms with Crippen LogP contribution in [-0.4, -0.2) is 18.5 Å². The van der Waals surface area contributed by atoms with Gasteiger partial charge in [-0.1, -0.05) is 40.2 Å². The summed E-state index contributed by atoms with van der Waals surface area (Å²) in [5.74, 6) is -0.224. The largest absolute Gasteiger partial charge is 0.329 e. The van der Waals surface area contributed by atoms with Gasteiger partial charge in [-0.25, -0.2) is 4.39 Å². The number of nitrogens with two attached hydrogens (primary N) is 1. The Balaban J connectivity index is 2.13. The summed E-state index contributed by atoms with van der Waals surface area (Å²) in [5.41, 5.74) is 7.97. The average molecular weight is 337 g/mol. The molecule has 106 valence electrons. The van der Waals surface area contributed by atoms with Gasteiger partial charge in [0.1, 0.15) is 5.82 Å². The first-order valence-electron chi connectivity index (χ1n) is 6.50. The number of benzene rings is 2. The molecule has 2 rings (SSSR count). The van der Waals surface area contributed by atoms with Crippen LogP contribution in [-0.2, 0) is 6.54 Å². The van der Waals surface area contributed by atoms with Crippen molar-refractivity contribution < 1.29 is 4.39 Å². The Kier molecular flexibility index (Phi) is 5.29. The van der Waals surface area contributed by atoms with Crippen LogP contribution >= 0.6 is 15.9 Å². The summed E-state index contributed by atoms with van der Waals surface area (Å²) in [6, 6.07) is 14.8. The maximum atomic E-state index is 13.3. The molecule has 0 aromatic heterocycles. The van der Waals surface area contributed by atoms with Crippen LogP contribution in [0.1, 0.15) is 17.2 Å². The minimum Gasteiger partial charge on any atom is -0.329 e. The highest BCUT2D eigenvalue weighted by molar-refractivity contribution is 9.10. The number of likely N-dealkylation sites (N-methyl/N-ethyl adjacent to an activating group) is 1. The lowest BCUT2D eigenvalue weighted by molar-refractivity contribution is 0.241. The molecule has 0 heterocycles. The Bertz CT molecular complexity index is 557. The van der Waals surface area contributed by atoms with Crippen molar-refractivity contribution in [3.05, 3.63) is 69.9 Å². The van der Waals surface area contributed by atoms with Crippen LogP contribution in [0.2, 0.25) is 0 Å². The maximum absolute atomic E-state index is 13.3. The van der Waals surface area contributed by atoms with Crippen LogP contribution in [0.25, 0.3) is 0 Å². The van der Waals surface area contributed by atoms with Gasteiger partial charge < -0.3 is 5.73 Å². The zero-order chi connectivity index (χ0) is 14.5. The van der Waals surface area contributed by atoms with Gasteiger partial charge in [0.2, 0.25) is 0 Å². The van der Waals surface area contributed by atoms with Crippen molar-refractivity contribution in [3.63, 3.8) is 0 Å². The first-order valence-corrected chi connectivity index (χ1v) is 7.29. The summed E-state index contributed by atoms with van der Waals surface area (Å²) in [5, 5.41) is 0. The molecule has 0 amide bonds. The van der Waals surface area contributed by atoms with Crippen molar-refractivity contribution >= 4 is 15.9 Å². The van der Waals surface area contributed by atoms with E-state index < -0.39 is 0 Å². The molecule has 1 atom stereocenters. The standard InChI is InChI=1S/C16H18BrFN2/c1-20(11-12-5-7-14(17)8-6-12)16(10-19)13-3-2-4-15(18)9-13/h2-9,16H,10-11,19H2,1H3. The summed E-state index contributed by atoms with van der Waals surface area (Å²) in [6.07, 6.45) is 0. The predicted octanol–water partition coefficient (Wildman–Crippen LogP) is 3.72. The first-order chi connectivity index (χ1) is 9.60. The second kappa shape index (κ2) is 6.97. The molecule has 0 saturated heterocycles. The zero-order valence-corrected chi connectivity index (χ0v) is 13.0. The first kappa shape index (κ1) is 15.2. The van der Waals surface area contributed by atoms with E-state index in [1.54, 1.807) is 12.1 Å². The van der Waals surface area contributed by atoms with Gasteiger partial charge >= 0.3 is 0 Å². The van der Waals surface area contributed by atoms with E-state index in [1.807, 2.05) is 25.2 Å². The van der Waals surface area contributed by atoms with Crippen molar-refractivity contribution in [2.24, 2.45) is 5.73 Å². The van der Waals surface area contributed by atoms with Crippen LogP contribution in [0.3, 0.4) is 0 Å². The van der Waals surface area contributed by atoms with E-state index in [2.05, 4.69) is 33.0 Å². The summed E-state index contributed by atoms with van der Waals surface area (Å²) in [6.45, 7) is 1.22. The summed E-state index contributed by atoms with van der Waals surface area (Å²) in [4.78, 5) is 2.14. The van der Waals surface area contributed by atoms with Crippen molar-refractivity contribution in [1.29, 1.82) is 0 Å². The van der Waals surface area contributed by atoms with Crippen LogP contribution in [0.4, 0.5) is 4.39 Å². The Morgan fingerprint density at radius 2 is 1.90 bits per heavy atom. The van der Waals surface area contributed by atoms with Gasteiger partial charge in [-0.3, -0.25) is 4.90 Å². The van der Waals surface area contributed by atoms with Crippen molar-refractivity contribution in [3.8, 4) is 0 Å². The van der Waals surface area contributed by atoms with Gasteiger partial charge in [0.25, 0.3) is 0 Å². The Morgan fingerprint density at radius 1 is 1.20 bits per heavy atom. The van der Waals surface area contributed by atoms with E-state index in [0.717, 1.165) is 16.6 Å². The number of rotatable bonds is 5. The molecule has 20 heavy (non-hydrogen) atoms. The lowest BCUT2D eigenvalue weighted by atomic mass is 10.0. The average Bonchev–Trinajstić information content (AvgIpc) is 2.42. The highest BCUT2D eigenvalue weighted by Gasteiger charge is 2.16. The van der Waals surface area contributed by atoms with Gasteiger partial charge in [-0.2, -0.15) is 0 Å². The fourth-order valence-electron chi connectivity index (χ4n) is 2.27. The smallest absolute Gasteiger partial charge is 0.123 e. The van der Waals surface area contributed by atoms with E-state index in [1.165, 1.54) is 11.6 Å². The van der Waals surface area contributed by atoms with Gasteiger partial charge in [0, 0.05) is 23.6 Å². The Hall–Kier alpha value is -1.23. The normalized spacial score (nSPS) is 12.7. The lowest BCUT2D eigenvalue weighted by Crippen LogP contribution is -2.30. The van der Waals surface area contributed by atoms with E-state index in [0.29, 0.717) is 6.54 Å². The molecule has 4 heteroatoms. The molecular formula is C16H18BrFN2. The topological polar surface area (TPSA) is 29.3 Å². The van der Waals surface area contributed by atoms with E-state index >= 15 is 0 Å². The third kappa shape index (κ3) is 3.88. The molecule has 0 saturated carbocycles. The van der Waals surface area contributed by atoms with Crippen LogP contribution in [0.15, 0.2) is 53.0 Å². The Labute approximate surface area is 127 Å². The van der Waals surface area contributed by atoms with Crippen molar-refractivity contribution in [2.75, 3.05) is 13.6 Å². The SMILES string of the molecule is CN(Cc1ccc(Br)cc1)C(CN)c1cccc(F)c1. The molecule has 1 unspecified atom stereocenters. The monoisotopic (exact) mass is 336 g/mol. The predicted molar refractivity (Wildman–Crippen MR) is 83.8 cm³/mol. The molecule has 2 aromatic carbocycles. The fraction of sp³-hybridized carbons (Fsp3) is 0.250. The number of halogens is 2. The molecule has 2 aromatic rings. The second-order valence-electron chi connectivity index (χ2n) is 4.85. The summed E-state index contributed by atoms with van der Waals surface area (Å²) in [7, 11) is 2.00. The van der Waals surface area contributed by atoms with E-state index in [-0.39, 0.29) is 11.9 Å². The molecule has 0 bridgehead atoms. The molecule has 0 aliphatic carbocycles. The van der Waals surface area contributed by atoms with Crippen molar-refractivity contribution in [2.45, 2.75) is 12.6 Å². The fourth-order valence-corrected chi connectivity index (χ4v) is 2.54. The Morgan fingerprint density at radius 3 is 2.50 bits per heavy atom. The molecule has 0 fully saturated rings. The highest BCUT2D eigenvalue weighted by atomic mass is 79.9. The molecule has 0 radical (unpaired) electrons. The zero-order valence-electron chi connectivity index (χ0n) is 11.4. The number of hydrogen-bond acceptors (Lipinski definition) is 2. The van der Waals surface area contributed by atoms with Gasteiger partial charge in [-0.15, -0.1) is 0 Å². The molecule has 2 N–H and O–H groups in total. The van der Waals surface area contributed by atoms with Gasteiger partial charge in [-0.05, 0) is 42.4 Å². The minimum atomic E-state index is -0.224. The lowest BCUT2D eigenvalue weighted by Gasteiger charge is -2.27. The maximum Gasteiger partial charge on any atom is 0.123 e. The summed E-state index contributed by atoms with van der Waals surface area (Å²) < 4.78 is 14.4. The van der Waals surface area contributed by atoms with Crippen molar-refractivity contribution in [1.82, 2.24) is 4.90 Å². The third-order valence-corrected chi connectivity index (χ3v) is 3.86. The highest BCUT2D eigenvalue weighted by Crippen LogP contribution is 2.21. The molecule has 0 spiro atoms. The molecule has 2 nitrogen and oxygen atoms in total. The quantitative estimate of drug-likeness (QED) is 0.901. The van der Waals surface area contributed by atoms with E-state index in [4.69, 9.17) is 5.73 Å². The van der Waals surface area contributed by atoms with Gasteiger partial charge in [0.15, 0.2) is 0 Å². The van der Waals surface area contributed by atoms with E-state index in [9.17, 15) is 4.39 Å². The summed E-state index contributed by atoms with van der Waals surface area (Å²) >= 11 is 3.42. The molecule has 0 aliphatic heterocycles. The molecular weight excluding hydrogens is 319 g/mol. The van der Waals surface area contributed by atoms with Crippen LogP contribution < -0.4 is 5.73 Å². The number of hydrogen-bond donors (Lipinski definition) is 1. The second-order valence-corrected chi connectivity index (χ2v) is 5.76. The van der Waals surface area contributed by atoms with Gasteiger partial charge in [0.05, 0.1) is 0 Å². The third-order valence-electron chi connectivity index (χ3n) is 3.33. The number of nitrogens with zero attached hydrogens (tertiary/aromatic N) is 1. The minimum absolute atomic E-state index is 0.00865. The molecule has 0 aliphatic rings. The van der Waals surface area contributed by atoms with Crippen LogP contribution in [0, 0.1) is 5.82 Å².